The second-order valence-corrected chi connectivity index (χ2v) is 5.54. The lowest BCUT2D eigenvalue weighted by Gasteiger charge is -2.16. The fourth-order valence-corrected chi connectivity index (χ4v) is 1.91. The van der Waals surface area contributed by atoms with Gasteiger partial charge in [0, 0.05) is 18.8 Å². The first kappa shape index (κ1) is 15.7. The summed E-state index contributed by atoms with van der Waals surface area (Å²) in [7, 11) is 1.83. The van der Waals surface area contributed by atoms with Crippen LogP contribution >= 0.6 is 0 Å². The van der Waals surface area contributed by atoms with E-state index >= 15 is 0 Å². The number of carbonyl (C=O) groups is 1. The molecule has 0 saturated heterocycles. The van der Waals surface area contributed by atoms with E-state index in [0.29, 0.717) is 18.8 Å². The zero-order chi connectivity index (χ0) is 15.2. The first-order valence-corrected chi connectivity index (χ1v) is 7.16. The van der Waals surface area contributed by atoms with Crippen molar-refractivity contribution < 1.29 is 13.9 Å². The molecule has 0 atom stereocenters. The number of hydrogen-bond donors (Lipinski definition) is 2. The highest BCUT2D eigenvalue weighted by Gasteiger charge is 2.21. The van der Waals surface area contributed by atoms with E-state index < -0.39 is 5.82 Å². The van der Waals surface area contributed by atoms with Crippen LogP contribution in [0.2, 0.25) is 0 Å². The van der Waals surface area contributed by atoms with E-state index in [0.717, 1.165) is 12.5 Å². The van der Waals surface area contributed by atoms with Gasteiger partial charge in [-0.25, -0.2) is 4.39 Å². The van der Waals surface area contributed by atoms with Crippen LogP contribution in [0.1, 0.15) is 12.8 Å². The molecule has 0 heterocycles. The number of nitrogens with one attached hydrogen (secondary N) is 1. The minimum Gasteiger partial charge on any atom is -0.399 e. The van der Waals surface area contributed by atoms with Gasteiger partial charge in [0.15, 0.2) is 0 Å². The smallest absolute Gasteiger partial charge is 0.238 e. The molecule has 116 valence electrons. The Bertz CT molecular complexity index is 492. The summed E-state index contributed by atoms with van der Waals surface area (Å²) in [6.45, 7) is 2.27. The second-order valence-electron chi connectivity index (χ2n) is 5.54. The number of benzene rings is 1. The van der Waals surface area contributed by atoms with Gasteiger partial charge in [-0.2, -0.15) is 0 Å². The number of halogens is 1. The molecule has 1 aromatic rings. The molecular formula is C15H22FN3O2. The van der Waals surface area contributed by atoms with Crippen LogP contribution in [0.3, 0.4) is 0 Å². The molecule has 6 heteroatoms. The van der Waals surface area contributed by atoms with Crippen molar-refractivity contribution in [2.45, 2.75) is 12.8 Å². The van der Waals surface area contributed by atoms with Gasteiger partial charge in [0.25, 0.3) is 0 Å². The highest BCUT2D eigenvalue weighted by molar-refractivity contribution is 5.92. The van der Waals surface area contributed by atoms with Crippen molar-refractivity contribution in [2.75, 3.05) is 44.4 Å². The highest BCUT2D eigenvalue weighted by atomic mass is 19.1. The van der Waals surface area contributed by atoms with Gasteiger partial charge in [0.05, 0.1) is 18.8 Å². The van der Waals surface area contributed by atoms with Crippen molar-refractivity contribution in [1.29, 1.82) is 0 Å². The number of ether oxygens (including phenoxy) is 1. The maximum absolute atomic E-state index is 13.5. The molecule has 21 heavy (non-hydrogen) atoms. The van der Waals surface area contributed by atoms with Crippen LogP contribution < -0.4 is 11.1 Å². The second kappa shape index (κ2) is 7.38. The highest BCUT2D eigenvalue weighted by Crippen LogP contribution is 2.28. The number of nitrogens with two attached hydrogens (primary N) is 1. The van der Waals surface area contributed by atoms with E-state index in [4.69, 9.17) is 10.5 Å². The van der Waals surface area contributed by atoms with Crippen molar-refractivity contribution in [3.05, 3.63) is 24.0 Å². The third kappa shape index (κ3) is 5.69. The Kier molecular flexibility index (Phi) is 5.52. The van der Waals surface area contributed by atoms with Gasteiger partial charge in [-0.1, -0.05) is 0 Å². The standard InChI is InChI=1S/C15H22FN3O2/c1-19(6-7-21-10-11-2-3-11)9-15(20)18-14-8-12(17)4-5-13(14)16/h4-5,8,11H,2-3,6-7,9-10,17H2,1H3,(H,18,20). The number of hydrogen-bond acceptors (Lipinski definition) is 4. The maximum atomic E-state index is 13.5. The van der Waals surface area contributed by atoms with Crippen LogP contribution in [0, 0.1) is 11.7 Å². The summed E-state index contributed by atoms with van der Waals surface area (Å²) >= 11 is 0. The first-order chi connectivity index (χ1) is 10.0. The molecule has 0 aliphatic heterocycles. The number of likely N-dealkylation sites (N-methyl/N-ethyl adjacent to an activating group) is 1. The molecule has 0 aromatic heterocycles. The van der Waals surface area contributed by atoms with Crippen molar-refractivity contribution in [3.63, 3.8) is 0 Å². The predicted octanol–water partition coefficient (Wildman–Crippen LogP) is 1.70. The Balaban J connectivity index is 1.68. The van der Waals surface area contributed by atoms with Crippen molar-refractivity contribution in [3.8, 4) is 0 Å². The summed E-state index contributed by atoms with van der Waals surface area (Å²) in [4.78, 5) is 13.7. The first-order valence-electron chi connectivity index (χ1n) is 7.16. The fourth-order valence-electron chi connectivity index (χ4n) is 1.91. The van der Waals surface area contributed by atoms with E-state index in [1.165, 1.54) is 31.0 Å². The zero-order valence-electron chi connectivity index (χ0n) is 12.3. The third-order valence-electron chi connectivity index (χ3n) is 3.35. The molecule has 1 fully saturated rings. The van der Waals surface area contributed by atoms with Gasteiger partial charge >= 0.3 is 0 Å². The van der Waals surface area contributed by atoms with E-state index in [2.05, 4.69) is 5.32 Å². The molecule has 1 aliphatic carbocycles. The van der Waals surface area contributed by atoms with Crippen LogP contribution in [-0.4, -0.2) is 44.2 Å². The normalized spacial score (nSPS) is 14.4. The Morgan fingerprint density at radius 1 is 1.52 bits per heavy atom. The lowest BCUT2D eigenvalue weighted by Crippen LogP contribution is -2.32. The summed E-state index contributed by atoms with van der Waals surface area (Å²) in [5.74, 6) is -0.0257. The number of anilines is 2. The summed E-state index contributed by atoms with van der Waals surface area (Å²) in [5.41, 5.74) is 6.09. The van der Waals surface area contributed by atoms with Crippen molar-refractivity contribution in [2.24, 2.45) is 5.92 Å². The third-order valence-corrected chi connectivity index (χ3v) is 3.35. The number of rotatable bonds is 8. The van der Waals surface area contributed by atoms with Crippen LogP contribution in [0.5, 0.6) is 0 Å². The van der Waals surface area contributed by atoms with Crippen LogP contribution in [-0.2, 0) is 9.53 Å². The zero-order valence-corrected chi connectivity index (χ0v) is 12.3. The van der Waals surface area contributed by atoms with Gasteiger partial charge in [0.2, 0.25) is 5.91 Å². The monoisotopic (exact) mass is 295 g/mol. The molecule has 1 saturated carbocycles. The molecular weight excluding hydrogens is 273 g/mol. The Morgan fingerprint density at radius 3 is 3.00 bits per heavy atom. The topological polar surface area (TPSA) is 67.6 Å². The van der Waals surface area contributed by atoms with Gasteiger partial charge < -0.3 is 15.8 Å². The quantitative estimate of drug-likeness (QED) is 0.566. The molecule has 1 amide bonds. The fraction of sp³-hybridized carbons (Fsp3) is 0.533. The van der Waals surface area contributed by atoms with Gasteiger partial charge in [-0.15, -0.1) is 0 Å². The SMILES string of the molecule is CN(CCOCC1CC1)CC(=O)Nc1cc(N)ccc1F. The lowest BCUT2D eigenvalue weighted by molar-refractivity contribution is -0.117. The molecule has 5 nitrogen and oxygen atoms in total. The van der Waals surface area contributed by atoms with Gasteiger partial charge in [-0.05, 0) is 44.0 Å². The number of nitrogen functional groups attached to an aromatic ring is 1. The van der Waals surface area contributed by atoms with E-state index in [1.54, 1.807) is 0 Å². The Morgan fingerprint density at radius 2 is 2.29 bits per heavy atom. The van der Waals surface area contributed by atoms with Crippen LogP contribution in [0.4, 0.5) is 15.8 Å². The molecule has 0 radical (unpaired) electrons. The Labute approximate surface area is 124 Å². The van der Waals surface area contributed by atoms with Crippen LogP contribution in [0.25, 0.3) is 0 Å². The number of nitrogens with zero attached hydrogens (tertiary/aromatic N) is 1. The average Bonchev–Trinajstić information content (AvgIpc) is 3.23. The van der Waals surface area contributed by atoms with Crippen LogP contribution in [0.15, 0.2) is 18.2 Å². The lowest BCUT2D eigenvalue weighted by atomic mass is 10.2. The molecule has 3 N–H and O–H groups in total. The predicted molar refractivity (Wildman–Crippen MR) is 80.5 cm³/mol. The number of amides is 1. The molecule has 0 unspecified atom stereocenters. The molecule has 0 bridgehead atoms. The molecule has 2 rings (SSSR count). The maximum Gasteiger partial charge on any atom is 0.238 e. The summed E-state index contributed by atoms with van der Waals surface area (Å²) in [6, 6.07) is 4.10. The average molecular weight is 295 g/mol. The summed E-state index contributed by atoms with van der Waals surface area (Å²) in [6.07, 6.45) is 2.54. The molecule has 0 spiro atoms. The molecule has 1 aliphatic rings. The Hall–Kier alpha value is -1.66. The number of carbonyl (C=O) groups excluding carboxylic acids is 1. The van der Waals surface area contributed by atoms with Crippen molar-refractivity contribution in [1.82, 2.24) is 4.90 Å². The van der Waals surface area contributed by atoms with Crippen molar-refractivity contribution >= 4 is 17.3 Å². The van der Waals surface area contributed by atoms with E-state index in [1.807, 2.05) is 11.9 Å². The van der Waals surface area contributed by atoms with Gasteiger partial charge in [0.1, 0.15) is 5.82 Å². The molecule has 1 aromatic carbocycles. The summed E-state index contributed by atoms with van der Waals surface area (Å²) in [5, 5.41) is 2.52. The largest absolute Gasteiger partial charge is 0.399 e. The summed E-state index contributed by atoms with van der Waals surface area (Å²) < 4.78 is 19.0. The van der Waals surface area contributed by atoms with Gasteiger partial charge in [-0.3, -0.25) is 9.69 Å². The minimum atomic E-state index is -0.493. The minimum absolute atomic E-state index is 0.110. The van der Waals surface area contributed by atoms with E-state index in [9.17, 15) is 9.18 Å². The van der Waals surface area contributed by atoms with E-state index in [-0.39, 0.29) is 18.1 Å².